The number of imide groups is 1. The van der Waals surface area contributed by atoms with Crippen molar-refractivity contribution in [2.45, 2.75) is 19.0 Å². The van der Waals surface area contributed by atoms with Gasteiger partial charge in [-0.25, -0.2) is 9.78 Å². The topological polar surface area (TPSA) is 77.1 Å². The first kappa shape index (κ1) is 18.6. The van der Waals surface area contributed by atoms with Crippen LogP contribution in [0.15, 0.2) is 18.3 Å². The summed E-state index contributed by atoms with van der Waals surface area (Å²) in [5, 5.41) is 0.472. The van der Waals surface area contributed by atoms with E-state index in [0.29, 0.717) is 18.2 Å². The number of carbonyl (C=O) groups excluding carboxylic acids is 3. The summed E-state index contributed by atoms with van der Waals surface area (Å²) in [6.45, 7) is 3.47. The molecule has 0 spiro atoms. The van der Waals surface area contributed by atoms with Gasteiger partial charge in [-0.15, -0.1) is 0 Å². The van der Waals surface area contributed by atoms with Crippen LogP contribution in [0.2, 0.25) is 5.15 Å². The fraction of sp³-hybridized carbons (Fsp3) is 0.529. The average Bonchev–Trinajstić information content (AvgIpc) is 2.82. The molecule has 9 heteroatoms. The first-order valence-corrected chi connectivity index (χ1v) is 8.89. The van der Waals surface area contributed by atoms with E-state index in [0.717, 1.165) is 30.1 Å². The fourth-order valence-corrected chi connectivity index (χ4v) is 3.40. The van der Waals surface area contributed by atoms with Crippen LogP contribution in [0.1, 0.15) is 12.0 Å². The number of hydrogen-bond donors (Lipinski definition) is 0. The fourth-order valence-electron chi connectivity index (χ4n) is 3.29. The van der Waals surface area contributed by atoms with Gasteiger partial charge in [-0.3, -0.25) is 19.4 Å². The minimum absolute atomic E-state index is 0.0342. The largest absolute Gasteiger partial charge is 0.340 e. The molecule has 0 aromatic carbocycles. The smallest absolute Gasteiger partial charge is 0.326 e. The molecule has 2 aliphatic heterocycles. The van der Waals surface area contributed by atoms with Crippen molar-refractivity contribution in [3.8, 4) is 0 Å². The van der Waals surface area contributed by atoms with Gasteiger partial charge in [-0.05, 0) is 11.6 Å². The lowest BCUT2D eigenvalue weighted by Gasteiger charge is -2.35. The molecule has 0 bridgehead atoms. The minimum Gasteiger partial charge on any atom is -0.340 e. The predicted molar refractivity (Wildman–Crippen MR) is 95.4 cm³/mol. The van der Waals surface area contributed by atoms with Crippen molar-refractivity contribution in [2.24, 2.45) is 0 Å². The van der Waals surface area contributed by atoms with Gasteiger partial charge in [0.1, 0.15) is 11.2 Å². The van der Waals surface area contributed by atoms with Crippen molar-refractivity contribution < 1.29 is 14.4 Å². The second-order valence-corrected chi connectivity index (χ2v) is 7.04. The van der Waals surface area contributed by atoms with Crippen LogP contribution < -0.4 is 0 Å². The van der Waals surface area contributed by atoms with E-state index in [1.54, 1.807) is 24.2 Å². The SMILES string of the molecule is CN1C(=O)[C@@H](CC(=O)N2CCN(Cc3ccc(Cl)nc3)CC2)N(C)C1=O. The van der Waals surface area contributed by atoms with Gasteiger partial charge >= 0.3 is 6.03 Å². The monoisotopic (exact) mass is 379 g/mol. The Hall–Kier alpha value is -2.19. The molecule has 1 aromatic rings. The second kappa shape index (κ2) is 7.59. The van der Waals surface area contributed by atoms with Crippen molar-refractivity contribution in [3.63, 3.8) is 0 Å². The van der Waals surface area contributed by atoms with Crippen LogP contribution in [0, 0.1) is 0 Å². The van der Waals surface area contributed by atoms with Crippen LogP contribution >= 0.6 is 11.6 Å². The first-order chi connectivity index (χ1) is 12.4. The molecule has 0 aliphatic carbocycles. The lowest BCUT2D eigenvalue weighted by Crippen LogP contribution is -2.49. The highest BCUT2D eigenvalue weighted by Crippen LogP contribution is 2.18. The van der Waals surface area contributed by atoms with E-state index in [9.17, 15) is 14.4 Å². The number of hydrogen-bond acceptors (Lipinski definition) is 5. The molecule has 1 aromatic heterocycles. The summed E-state index contributed by atoms with van der Waals surface area (Å²) < 4.78 is 0. The summed E-state index contributed by atoms with van der Waals surface area (Å²) in [5.41, 5.74) is 1.08. The molecule has 0 radical (unpaired) electrons. The maximum absolute atomic E-state index is 12.5. The van der Waals surface area contributed by atoms with E-state index in [1.165, 1.54) is 11.9 Å². The summed E-state index contributed by atoms with van der Waals surface area (Å²) >= 11 is 5.80. The van der Waals surface area contributed by atoms with Crippen LogP contribution in [0.4, 0.5) is 4.79 Å². The molecule has 8 nitrogen and oxygen atoms in total. The zero-order valence-electron chi connectivity index (χ0n) is 14.9. The van der Waals surface area contributed by atoms with Crippen molar-refractivity contribution in [1.82, 2.24) is 24.6 Å². The van der Waals surface area contributed by atoms with E-state index < -0.39 is 6.04 Å². The first-order valence-electron chi connectivity index (χ1n) is 8.51. The van der Waals surface area contributed by atoms with Gasteiger partial charge in [0.05, 0.1) is 6.42 Å². The average molecular weight is 380 g/mol. The Balaban J connectivity index is 1.50. The lowest BCUT2D eigenvalue weighted by atomic mass is 10.1. The lowest BCUT2D eigenvalue weighted by molar-refractivity contribution is -0.137. The number of urea groups is 1. The van der Waals surface area contributed by atoms with Gasteiger partial charge in [0.2, 0.25) is 5.91 Å². The molecule has 0 unspecified atom stereocenters. The van der Waals surface area contributed by atoms with E-state index in [1.807, 2.05) is 6.07 Å². The van der Waals surface area contributed by atoms with Crippen molar-refractivity contribution in [2.75, 3.05) is 40.3 Å². The van der Waals surface area contributed by atoms with Gasteiger partial charge in [0, 0.05) is 53.0 Å². The third-order valence-corrected chi connectivity index (χ3v) is 5.18. The second-order valence-electron chi connectivity index (χ2n) is 6.66. The standard InChI is InChI=1S/C17H22ClN5O3/c1-20-13(16(25)21(2)17(20)26)9-15(24)23-7-5-22(6-8-23)11-12-3-4-14(18)19-10-12/h3-4,10,13H,5-9,11H2,1-2H3/t13-/m1/s1. The normalized spacial score (nSPS) is 21.7. The maximum atomic E-state index is 12.5. The molecule has 2 fully saturated rings. The summed E-state index contributed by atoms with van der Waals surface area (Å²) in [6, 6.07) is 2.65. The number of aromatic nitrogens is 1. The number of halogens is 1. The minimum atomic E-state index is -0.696. The number of amides is 4. The highest BCUT2D eigenvalue weighted by Gasteiger charge is 2.42. The number of likely N-dealkylation sites (N-methyl/N-ethyl adjacent to an activating group) is 2. The highest BCUT2D eigenvalue weighted by molar-refractivity contribution is 6.29. The molecule has 140 valence electrons. The van der Waals surface area contributed by atoms with Crippen LogP contribution in [0.5, 0.6) is 0 Å². The predicted octanol–water partition coefficient (Wildman–Crippen LogP) is 0.662. The van der Waals surface area contributed by atoms with Gasteiger partial charge in [-0.1, -0.05) is 17.7 Å². The van der Waals surface area contributed by atoms with Crippen LogP contribution in [-0.4, -0.2) is 88.7 Å². The Morgan fingerprint density at radius 3 is 2.42 bits per heavy atom. The number of nitrogens with zero attached hydrogens (tertiary/aromatic N) is 5. The van der Waals surface area contributed by atoms with Gasteiger partial charge in [0.15, 0.2) is 0 Å². The molecule has 3 rings (SSSR count). The molecule has 0 saturated carbocycles. The number of carbonyl (C=O) groups is 3. The summed E-state index contributed by atoms with van der Waals surface area (Å²) in [6.07, 6.45) is 1.79. The molecule has 26 heavy (non-hydrogen) atoms. The third-order valence-electron chi connectivity index (χ3n) is 4.96. The Kier molecular flexibility index (Phi) is 5.43. The molecule has 3 heterocycles. The Morgan fingerprint density at radius 1 is 1.19 bits per heavy atom. The highest BCUT2D eigenvalue weighted by atomic mass is 35.5. The molecular formula is C17H22ClN5O3. The van der Waals surface area contributed by atoms with Gasteiger partial charge < -0.3 is 9.80 Å². The van der Waals surface area contributed by atoms with Crippen molar-refractivity contribution in [1.29, 1.82) is 0 Å². The van der Waals surface area contributed by atoms with Gasteiger partial charge in [0.25, 0.3) is 5.91 Å². The quantitative estimate of drug-likeness (QED) is 0.567. The van der Waals surface area contributed by atoms with Crippen LogP contribution in [0.25, 0.3) is 0 Å². The van der Waals surface area contributed by atoms with Gasteiger partial charge in [-0.2, -0.15) is 0 Å². The van der Waals surface area contributed by atoms with E-state index >= 15 is 0 Å². The number of pyridine rings is 1. The molecule has 0 N–H and O–H groups in total. The van der Waals surface area contributed by atoms with Crippen LogP contribution in [-0.2, 0) is 16.1 Å². The molecule has 1 atom stereocenters. The third kappa shape index (κ3) is 3.81. The molecular weight excluding hydrogens is 358 g/mol. The van der Waals surface area contributed by atoms with E-state index in [2.05, 4.69) is 9.88 Å². The summed E-state index contributed by atoms with van der Waals surface area (Å²) in [5.74, 6) is -0.411. The Bertz CT molecular complexity index is 703. The van der Waals surface area contributed by atoms with Crippen LogP contribution in [0.3, 0.4) is 0 Å². The number of rotatable bonds is 4. The molecule has 2 saturated heterocycles. The Morgan fingerprint density at radius 2 is 1.88 bits per heavy atom. The zero-order valence-corrected chi connectivity index (χ0v) is 15.6. The molecule has 2 aliphatic rings. The Labute approximate surface area is 157 Å². The zero-order chi connectivity index (χ0) is 18.8. The van der Waals surface area contributed by atoms with E-state index in [-0.39, 0.29) is 24.3 Å². The van der Waals surface area contributed by atoms with Crippen molar-refractivity contribution in [3.05, 3.63) is 29.0 Å². The summed E-state index contributed by atoms with van der Waals surface area (Å²) in [7, 11) is 3.00. The number of piperazine rings is 1. The van der Waals surface area contributed by atoms with Crippen molar-refractivity contribution >= 4 is 29.4 Å². The maximum Gasteiger partial charge on any atom is 0.326 e. The summed E-state index contributed by atoms with van der Waals surface area (Å²) in [4.78, 5) is 46.9. The van der Waals surface area contributed by atoms with E-state index in [4.69, 9.17) is 11.6 Å². The molecule has 4 amide bonds.